The van der Waals surface area contributed by atoms with Crippen LogP contribution in [0, 0.1) is 5.92 Å². The largest absolute Gasteiger partial charge is 0.308 e. The van der Waals surface area contributed by atoms with E-state index in [1.807, 2.05) is 0 Å². The average Bonchev–Trinajstić information content (AvgIpc) is 2.30. The molecule has 1 heterocycles. The van der Waals surface area contributed by atoms with E-state index in [1.54, 1.807) is 0 Å². The molecule has 1 aliphatic heterocycles. The van der Waals surface area contributed by atoms with E-state index in [9.17, 15) is 0 Å². The third-order valence-corrected chi connectivity index (χ3v) is 3.08. The van der Waals surface area contributed by atoms with Crippen LogP contribution in [-0.4, -0.2) is 31.1 Å². The molecule has 2 heteroatoms. The summed E-state index contributed by atoms with van der Waals surface area (Å²) >= 11 is 0. The van der Waals surface area contributed by atoms with Gasteiger partial charge in [-0.05, 0) is 11.5 Å². The lowest BCUT2D eigenvalue weighted by Gasteiger charge is -2.34. The Morgan fingerprint density at radius 3 is 2.75 bits per heavy atom. The molecule has 0 aromatic heterocycles. The minimum Gasteiger partial charge on any atom is -0.308 e. The van der Waals surface area contributed by atoms with E-state index in [1.165, 1.54) is 18.7 Å². The molecule has 16 heavy (non-hydrogen) atoms. The second-order valence-electron chi connectivity index (χ2n) is 5.07. The van der Waals surface area contributed by atoms with Gasteiger partial charge in [-0.25, -0.2) is 0 Å². The maximum atomic E-state index is 3.60. The summed E-state index contributed by atoms with van der Waals surface area (Å²) in [6.07, 6.45) is 0. The van der Waals surface area contributed by atoms with Crippen LogP contribution < -0.4 is 5.32 Å². The van der Waals surface area contributed by atoms with Crippen LogP contribution in [0.4, 0.5) is 0 Å². The van der Waals surface area contributed by atoms with Crippen LogP contribution in [0.1, 0.15) is 25.5 Å². The molecular formula is C14H22N2. The molecule has 0 aliphatic carbocycles. The Labute approximate surface area is 98.7 Å². The van der Waals surface area contributed by atoms with Crippen LogP contribution in [0.5, 0.6) is 0 Å². The van der Waals surface area contributed by atoms with Gasteiger partial charge in [0.25, 0.3) is 0 Å². The van der Waals surface area contributed by atoms with Crippen LogP contribution in [0.2, 0.25) is 0 Å². The van der Waals surface area contributed by atoms with Crippen molar-refractivity contribution in [3.63, 3.8) is 0 Å². The van der Waals surface area contributed by atoms with Crippen LogP contribution >= 0.6 is 0 Å². The van der Waals surface area contributed by atoms with Crippen LogP contribution in [0.15, 0.2) is 30.3 Å². The van der Waals surface area contributed by atoms with E-state index < -0.39 is 0 Å². The number of nitrogens with one attached hydrogen (secondary N) is 1. The van der Waals surface area contributed by atoms with Gasteiger partial charge in [0.1, 0.15) is 0 Å². The van der Waals surface area contributed by atoms with Crippen molar-refractivity contribution in [2.45, 2.75) is 19.9 Å². The zero-order valence-electron chi connectivity index (χ0n) is 10.3. The topological polar surface area (TPSA) is 15.3 Å². The molecule has 1 saturated heterocycles. The number of hydrogen-bond donors (Lipinski definition) is 1. The summed E-state index contributed by atoms with van der Waals surface area (Å²) in [6, 6.07) is 11.3. The molecule has 1 N–H and O–H groups in total. The van der Waals surface area contributed by atoms with Gasteiger partial charge >= 0.3 is 0 Å². The van der Waals surface area contributed by atoms with E-state index in [-0.39, 0.29) is 0 Å². The smallest absolute Gasteiger partial charge is 0.0449 e. The molecule has 1 aliphatic rings. The number of benzene rings is 1. The van der Waals surface area contributed by atoms with Crippen molar-refractivity contribution in [2.24, 2.45) is 5.92 Å². The summed E-state index contributed by atoms with van der Waals surface area (Å²) in [5.41, 5.74) is 1.41. The Bertz CT molecular complexity index is 308. The van der Waals surface area contributed by atoms with E-state index in [2.05, 4.69) is 54.4 Å². The van der Waals surface area contributed by atoms with Gasteiger partial charge in [0.2, 0.25) is 0 Å². The predicted octanol–water partition coefficient (Wildman–Crippen LogP) is 2.29. The zero-order valence-corrected chi connectivity index (χ0v) is 10.3. The van der Waals surface area contributed by atoms with Crippen molar-refractivity contribution < 1.29 is 0 Å². The third kappa shape index (κ3) is 3.06. The van der Waals surface area contributed by atoms with Crippen molar-refractivity contribution in [1.29, 1.82) is 0 Å². The Hall–Kier alpha value is -0.860. The number of piperazine rings is 1. The standard InChI is InChI=1S/C14H22N2/c1-12(2)10-16-9-8-15-14(11-16)13-6-4-3-5-7-13/h3-7,12,14-15H,8-11H2,1-2H3. The first-order valence-corrected chi connectivity index (χ1v) is 6.26. The first-order chi connectivity index (χ1) is 7.75. The Morgan fingerprint density at radius 2 is 2.06 bits per heavy atom. The minimum absolute atomic E-state index is 0.508. The van der Waals surface area contributed by atoms with Crippen molar-refractivity contribution >= 4 is 0 Å². The van der Waals surface area contributed by atoms with E-state index in [0.717, 1.165) is 19.0 Å². The van der Waals surface area contributed by atoms with Gasteiger partial charge in [0, 0.05) is 32.2 Å². The number of hydrogen-bond acceptors (Lipinski definition) is 2. The molecule has 1 atom stereocenters. The highest BCUT2D eigenvalue weighted by Gasteiger charge is 2.20. The van der Waals surface area contributed by atoms with Gasteiger partial charge < -0.3 is 5.32 Å². The molecule has 2 nitrogen and oxygen atoms in total. The van der Waals surface area contributed by atoms with Crippen molar-refractivity contribution in [3.8, 4) is 0 Å². The molecule has 1 aromatic carbocycles. The highest BCUT2D eigenvalue weighted by molar-refractivity contribution is 5.19. The molecule has 0 spiro atoms. The first kappa shape index (κ1) is 11.6. The fourth-order valence-corrected chi connectivity index (χ4v) is 2.40. The molecule has 2 rings (SSSR count). The number of nitrogens with zero attached hydrogens (tertiary/aromatic N) is 1. The molecule has 1 fully saturated rings. The summed E-state index contributed by atoms with van der Waals surface area (Å²) in [5.74, 6) is 0.759. The third-order valence-electron chi connectivity index (χ3n) is 3.08. The Kier molecular flexibility index (Phi) is 3.97. The summed E-state index contributed by atoms with van der Waals surface area (Å²) in [7, 11) is 0. The normalized spacial score (nSPS) is 22.6. The van der Waals surface area contributed by atoms with Crippen molar-refractivity contribution in [2.75, 3.05) is 26.2 Å². The summed E-state index contributed by atoms with van der Waals surface area (Å²) in [6.45, 7) is 9.22. The van der Waals surface area contributed by atoms with Gasteiger partial charge in [-0.3, -0.25) is 4.90 Å². The average molecular weight is 218 g/mol. The van der Waals surface area contributed by atoms with Crippen molar-refractivity contribution in [1.82, 2.24) is 10.2 Å². The van der Waals surface area contributed by atoms with Gasteiger partial charge in [-0.1, -0.05) is 44.2 Å². The summed E-state index contributed by atoms with van der Waals surface area (Å²) in [5, 5.41) is 3.60. The van der Waals surface area contributed by atoms with Crippen LogP contribution in [0.3, 0.4) is 0 Å². The second kappa shape index (κ2) is 5.46. The molecule has 0 radical (unpaired) electrons. The maximum Gasteiger partial charge on any atom is 0.0449 e. The molecular weight excluding hydrogens is 196 g/mol. The Morgan fingerprint density at radius 1 is 1.31 bits per heavy atom. The Balaban J connectivity index is 1.97. The highest BCUT2D eigenvalue weighted by Crippen LogP contribution is 2.17. The lowest BCUT2D eigenvalue weighted by molar-refractivity contribution is 0.182. The van der Waals surface area contributed by atoms with E-state index in [0.29, 0.717) is 6.04 Å². The van der Waals surface area contributed by atoms with Crippen molar-refractivity contribution in [3.05, 3.63) is 35.9 Å². The van der Waals surface area contributed by atoms with Gasteiger partial charge in [-0.15, -0.1) is 0 Å². The summed E-state index contributed by atoms with van der Waals surface area (Å²) in [4.78, 5) is 2.57. The van der Waals surface area contributed by atoms with Gasteiger partial charge in [0.05, 0.1) is 0 Å². The SMILES string of the molecule is CC(C)CN1CCNC(c2ccccc2)C1. The molecule has 1 aromatic rings. The fourth-order valence-electron chi connectivity index (χ4n) is 2.40. The van der Waals surface area contributed by atoms with E-state index in [4.69, 9.17) is 0 Å². The highest BCUT2D eigenvalue weighted by atomic mass is 15.2. The molecule has 0 saturated carbocycles. The van der Waals surface area contributed by atoms with Crippen LogP contribution in [0.25, 0.3) is 0 Å². The zero-order chi connectivity index (χ0) is 11.4. The van der Waals surface area contributed by atoms with Gasteiger partial charge in [0.15, 0.2) is 0 Å². The molecule has 1 unspecified atom stereocenters. The molecule has 88 valence electrons. The number of rotatable bonds is 3. The summed E-state index contributed by atoms with van der Waals surface area (Å²) < 4.78 is 0. The van der Waals surface area contributed by atoms with E-state index >= 15 is 0 Å². The first-order valence-electron chi connectivity index (χ1n) is 6.26. The fraction of sp³-hybridized carbons (Fsp3) is 0.571. The minimum atomic E-state index is 0.508. The maximum absolute atomic E-state index is 3.60. The lowest BCUT2D eigenvalue weighted by atomic mass is 10.0. The van der Waals surface area contributed by atoms with Crippen LogP contribution in [-0.2, 0) is 0 Å². The monoisotopic (exact) mass is 218 g/mol. The lowest BCUT2D eigenvalue weighted by Crippen LogP contribution is -2.46. The predicted molar refractivity (Wildman–Crippen MR) is 68.5 cm³/mol. The van der Waals surface area contributed by atoms with Gasteiger partial charge in [-0.2, -0.15) is 0 Å². The molecule has 0 bridgehead atoms. The molecule has 0 amide bonds. The second-order valence-corrected chi connectivity index (χ2v) is 5.07. The quantitative estimate of drug-likeness (QED) is 0.837.